The van der Waals surface area contributed by atoms with Crippen LogP contribution >= 0.6 is 0 Å². The molecule has 0 aliphatic carbocycles. The molecule has 114 valence electrons. The van der Waals surface area contributed by atoms with Gasteiger partial charge in [0.05, 0.1) is 23.8 Å². The van der Waals surface area contributed by atoms with Crippen LogP contribution in [-0.4, -0.2) is 29.9 Å². The Kier molecular flexibility index (Phi) is 3.54. The standard InChI is InChI=1S/C16H15NO5/c1-8(18)9-4-2-3-5-10(9)17-15(19)13-11-6-7-12(22-11)14(13)16(20)21/h2-7,11-14H,1H3,(H,17,19)(H,20,21)/p-1/t11-,12+,13+,14-/m0/s1. The number of carboxylic acids is 1. The summed E-state index contributed by atoms with van der Waals surface area (Å²) in [5.74, 6) is -3.85. The van der Waals surface area contributed by atoms with E-state index in [0.29, 0.717) is 11.3 Å². The molecule has 2 bridgehead atoms. The Morgan fingerprint density at radius 2 is 1.73 bits per heavy atom. The zero-order valence-electron chi connectivity index (χ0n) is 11.8. The SMILES string of the molecule is CC(=O)c1ccccc1NC(=O)[C@H]1[C@@H](C(=O)[O-])[C@H]2C=C[C@@H]1O2. The van der Waals surface area contributed by atoms with Crippen LogP contribution in [0.25, 0.3) is 0 Å². The van der Waals surface area contributed by atoms with Gasteiger partial charge in [0.25, 0.3) is 0 Å². The number of hydrogen-bond acceptors (Lipinski definition) is 5. The number of Topliss-reactive ketones (excluding diaryl/α,β-unsaturated/α-hetero) is 1. The van der Waals surface area contributed by atoms with Crippen molar-refractivity contribution in [1.29, 1.82) is 0 Å². The van der Waals surface area contributed by atoms with E-state index in [2.05, 4.69) is 5.32 Å². The van der Waals surface area contributed by atoms with Crippen molar-refractivity contribution >= 4 is 23.3 Å². The fourth-order valence-corrected chi connectivity index (χ4v) is 3.02. The fourth-order valence-electron chi connectivity index (χ4n) is 3.02. The smallest absolute Gasteiger partial charge is 0.231 e. The maximum atomic E-state index is 12.5. The second-order valence-electron chi connectivity index (χ2n) is 5.41. The van der Waals surface area contributed by atoms with E-state index in [0.717, 1.165) is 0 Å². The molecule has 0 aromatic heterocycles. The molecule has 2 aliphatic rings. The van der Waals surface area contributed by atoms with E-state index in [1.165, 1.54) is 6.92 Å². The van der Waals surface area contributed by atoms with Gasteiger partial charge in [-0.05, 0) is 19.1 Å². The molecule has 0 spiro atoms. The van der Waals surface area contributed by atoms with Crippen molar-refractivity contribution in [3.8, 4) is 0 Å². The molecule has 6 heteroatoms. The van der Waals surface area contributed by atoms with E-state index in [-0.39, 0.29) is 5.78 Å². The van der Waals surface area contributed by atoms with Gasteiger partial charge in [-0.3, -0.25) is 9.59 Å². The third kappa shape index (κ3) is 2.31. The molecule has 1 aromatic rings. The Bertz CT molecular complexity index is 681. The van der Waals surface area contributed by atoms with E-state index in [1.54, 1.807) is 36.4 Å². The van der Waals surface area contributed by atoms with E-state index >= 15 is 0 Å². The third-order valence-electron chi connectivity index (χ3n) is 4.04. The Hall–Kier alpha value is -2.47. The van der Waals surface area contributed by atoms with Gasteiger partial charge in [0.15, 0.2) is 5.78 Å². The molecular formula is C16H14NO5-. The number of rotatable bonds is 4. The Morgan fingerprint density at radius 1 is 1.09 bits per heavy atom. The first-order chi connectivity index (χ1) is 10.5. The van der Waals surface area contributed by atoms with Gasteiger partial charge >= 0.3 is 0 Å². The van der Waals surface area contributed by atoms with E-state index in [9.17, 15) is 19.5 Å². The van der Waals surface area contributed by atoms with Gasteiger partial charge in [0, 0.05) is 17.5 Å². The lowest BCUT2D eigenvalue weighted by atomic mass is 9.82. The van der Waals surface area contributed by atoms with Gasteiger partial charge in [0.1, 0.15) is 0 Å². The molecule has 0 radical (unpaired) electrons. The second-order valence-corrected chi connectivity index (χ2v) is 5.41. The first-order valence-electron chi connectivity index (χ1n) is 6.94. The molecule has 3 rings (SSSR count). The monoisotopic (exact) mass is 300 g/mol. The number of nitrogens with one attached hydrogen (secondary N) is 1. The molecule has 1 aromatic carbocycles. The molecule has 2 aliphatic heterocycles. The van der Waals surface area contributed by atoms with Crippen LogP contribution in [0.4, 0.5) is 5.69 Å². The highest BCUT2D eigenvalue weighted by molar-refractivity contribution is 6.05. The molecule has 1 N–H and O–H groups in total. The van der Waals surface area contributed by atoms with Crippen molar-refractivity contribution in [2.24, 2.45) is 11.8 Å². The zero-order valence-corrected chi connectivity index (χ0v) is 11.8. The van der Waals surface area contributed by atoms with Crippen molar-refractivity contribution in [1.82, 2.24) is 0 Å². The van der Waals surface area contributed by atoms with E-state index in [1.807, 2.05) is 0 Å². The van der Waals surface area contributed by atoms with Crippen LogP contribution in [0.1, 0.15) is 17.3 Å². The normalized spacial score (nSPS) is 28.6. The summed E-state index contributed by atoms with van der Waals surface area (Å²) < 4.78 is 5.44. The second kappa shape index (κ2) is 5.38. The highest BCUT2D eigenvalue weighted by atomic mass is 16.5. The summed E-state index contributed by atoms with van der Waals surface area (Å²) in [6, 6.07) is 6.59. The number of amides is 1. The lowest BCUT2D eigenvalue weighted by Gasteiger charge is -2.25. The minimum Gasteiger partial charge on any atom is -0.550 e. The van der Waals surface area contributed by atoms with Crippen LogP contribution < -0.4 is 10.4 Å². The summed E-state index contributed by atoms with van der Waals surface area (Å²) in [5.41, 5.74) is 0.740. The molecular weight excluding hydrogens is 286 g/mol. The average Bonchev–Trinajstić information content (AvgIpc) is 3.08. The average molecular weight is 300 g/mol. The van der Waals surface area contributed by atoms with Gasteiger partial charge in [-0.2, -0.15) is 0 Å². The fraction of sp³-hybridized carbons (Fsp3) is 0.312. The molecule has 4 atom stereocenters. The summed E-state index contributed by atoms with van der Waals surface area (Å²) in [4.78, 5) is 35.3. The number of hydrogen-bond donors (Lipinski definition) is 1. The van der Waals surface area contributed by atoms with E-state index in [4.69, 9.17) is 4.74 Å². The topological polar surface area (TPSA) is 95.5 Å². The van der Waals surface area contributed by atoms with Gasteiger partial charge in [-0.1, -0.05) is 24.3 Å². The number of fused-ring (bicyclic) bond motifs is 2. The molecule has 22 heavy (non-hydrogen) atoms. The summed E-state index contributed by atoms with van der Waals surface area (Å²) in [5, 5.41) is 13.9. The number of carboxylic acid groups (broad SMARTS) is 1. The van der Waals surface area contributed by atoms with E-state index < -0.39 is 35.9 Å². The lowest BCUT2D eigenvalue weighted by molar-refractivity contribution is -0.313. The first kappa shape index (κ1) is 14.5. The highest BCUT2D eigenvalue weighted by Gasteiger charge is 2.50. The zero-order chi connectivity index (χ0) is 15.9. The van der Waals surface area contributed by atoms with Crippen LogP contribution in [-0.2, 0) is 14.3 Å². The minimum absolute atomic E-state index is 0.184. The predicted molar refractivity (Wildman–Crippen MR) is 74.9 cm³/mol. The number of carbonyl (C=O) groups excluding carboxylic acids is 3. The van der Waals surface area contributed by atoms with Crippen LogP contribution in [0.3, 0.4) is 0 Å². The molecule has 6 nitrogen and oxygen atoms in total. The van der Waals surface area contributed by atoms with Crippen LogP contribution in [0.15, 0.2) is 36.4 Å². The third-order valence-corrected chi connectivity index (χ3v) is 4.04. The van der Waals surface area contributed by atoms with Gasteiger partial charge < -0.3 is 20.0 Å². The molecule has 0 unspecified atom stereocenters. The predicted octanol–water partition coefficient (Wildman–Crippen LogP) is 0.147. The largest absolute Gasteiger partial charge is 0.550 e. The van der Waals surface area contributed by atoms with Crippen molar-refractivity contribution in [3.05, 3.63) is 42.0 Å². The van der Waals surface area contributed by atoms with Crippen molar-refractivity contribution in [2.45, 2.75) is 19.1 Å². The number of ether oxygens (including phenoxy) is 1. The van der Waals surface area contributed by atoms with Gasteiger partial charge in [-0.15, -0.1) is 0 Å². The Morgan fingerprint density at radius 3 is 2.36 bits per heavy atom. The Balaban J connectivity index is 1.85. The summed E-state index contributed by atoms with van der Waals surface area (Å²) >= 11 is 0. The Labute approximate surface area is 126 Å². The molecule has 2 heterocycles. The summed E-state index contributed by atoms with van der Waals surface area (Å²) in [7, 11) is 0. The molecule has 0 saturated carbocycles. The summed E-state index contributed by atoms with van der Waals surface area (Å²) in [6.45, 7) is 1.40. The van der Waals surface area contributed by atoms with Gasteiger partial charge in [0.2, 0.25) is 5.91 Å². The number of aliphatic carboxylic acids is 1. The van der Waals surface area contributed by atoms with Crippen LogP contribution in [0.2, 0.25) is 0 Å². The van der Waals surface area contributed by atoms with Crippen LogP contribution in [0.5, 0.6) is 0 Å². The quantitative estimate of drug-likeness (QED) is 0.630. The van der Waals surface area contributed by atoms with Crippen molar-refractivity contribution < 1.29 is 24.2 Å². The molecule has 1 saturated heterocycles. The van der Waals surface area contributed by atoms with Crippen molar-refractivity contribution in [3.63, 3.8) is 0 Å². The number of para-hydroxylation sites is 1. The molecule has 1 fully saturated rings. The summed E-state index contributed by atoms with van der Waals surface area (Å²) in [6.07, 6.45) is 2.12. The maximum absolute atomic E-state index is 12.5. The number of benzene rings is 1. The van der Waals surface area contributed by atoms with Crippen molar-refractivity contribution in [2.75, 3.05) is 5.32 Å². The number of carbonyl (C=O) groups is 3. The lowest BCUT2D eigenvalue weighted by Crippen LogP contribution is -2.45. The minimum atomic E-state index is -1.31. The van der Waals surface area contributed by atoms with Gasteiger partial charge in [-0.25, -0.2) is 0 Å². The molecule has 1 amide bonds. The number of anilines is 1. The maximum Gasteiger partial charge on any atom is 0.231 e. The highest BCUT2D eigenvalue weighted by Crippen LogP contribution is 2.39. The number of ketones is 1. The van der Waals surface area contributed by atoms with Crippen LogP contribution in [0, 0.1) is 11.8 Å². The first-order valence-corrected chi connectivity index (χ1v) is 6.94.